The Bertz CT molecular complexity index is 3380. The molecular weight excluding hydrogens is 1370 g/mol. The molecule has 2 aromatic rings. The van der Waals surface area contributed by atoms with Gasteiger partial charge in [-0.25, -0.2) is 18.6 Å². The number of allylic oxidation sites excluding steroid dienone is 1. The van der Waals surface area contributed by atoms with Gasteiger partial charge in [-0.2, -0.15) is 0 Å². The molecule has 2 aliphatic heterocycles. The zero-order chi connectivity index (χ0) is 74.9. The largest absolute Gasteiger partial charge is 0.490 e. The van der Waals surface area contributed by atoms with Crippen LogP contribution < -0.4 is 41.8 Å². The summed E-state index contributed by atoms with van der Waals surface area (Å²) < 4.78 is 53.6. The number of carbonyl (C=O) groups is 6. The highest BCUT2D eigenvalue weighted by Gasteiger charge is 2.50. The number of carbonyl (C=O) groups excluding carboxylic acids is 6. The van der Waals surface area contributed by atoms with E-state index in [1.807, 2.05) is 94.4 Å². The summed E-state index contributed by atoms with van der Waals surface area (Å²) in [7, 11) is 1.04. The number of nitrogens with zero attached hydrogens (tertiary/aromatic N) is 2. The number of halogens is 2. The van der Waals surface area contributed by atoms with Crippen molar-refractivity contribution < 1.29 is 76.7 Å². The first kappa shape index (κ1) is 85.4. The van der Waals surface area contributed by atoms with Gasteiger partial charge in [0, 0.05) is 86.2 Å². The monoisotopic (exact) mass is 1490 g/mol. The Morgan fingerprint density at radius 1 is 0.725 bits per heavy atom. The van der Waals surface area contributed by atoms with Crippen molar-refractivity contribution in [3.63, 3.8) is 0 Å². The molecule has 2 heterocycles. The van der Waals surface area contributed by atoms with Crippen LogP contribution in [-0.4, -0.2) is 170 Å². The number of esters is 2. The minimum absolute atomic E-state index is 0. The summed E-state index contributed by atoms with van der Waals surface area (Å²) in [6.45, 7) is 25.2. The summed E-state index contributed by atoms with van der Waals surface area (Å²) in [5, 5.41) is 36.5. The molecule has 1 spiro atoms. The third-order valence-electron chi connectivity index (χ3n) is 21.3. The molecule has 102 heavy (non-hydrogen) atoms. The van der Waals surface area contributed by atoms with Gasteiger partial charge in [-0.05, 0) is 234 Å². The van der Waals surface area contributed by atoms with E-state index in [-0.39, 0.29) is 113 Å². The van der Waals surface area contributed by atoms with Crippen LogP contribution >= 0.6 is 24.0 Å². The molecule has 2 bridgehead atoms. The molecule has 576 valence electrons. The molecular formula is C75H120Cl2N8O16S. The van der Waals surface area contributed by atoms with Gasteiger partial charge in [0.1, 0.15) is 26.9 Å². The molecule has 0 saturated heterocycles. The van der Waals surface area contributed by atoms with Gasteiger partial charge in [0.2, 0.25) is 0 Å². The predicted molar refractivity (Wildman–Crippen MR) is 397 cm³/mol. The summed E-state index contributed by atoms with van der Waals surface area (Å²) in [5.74, 6) is 0.287. The maximum Gasteiger partial charge on any atom is 0.407 e. The lowest BCUT2D eigenvalue weighted by Crippen LogP contribution is -2.54. The molecule has 0 aromatic heterocycles. The Morgan fingerprint density at radius 3 is 1.73 bits per heavy atom. The summed E-state index contributed by atoms with van der Waals surface area (Å²) in [6.07, 6.45) is 16.6. The summed E-state index contributed by atoms with van der Waals surface area (Å²) in [5.41, 5.74) is 12.7. The molecule has 11 N–H and O–H groups in total. The van der Waals surface area contributed by atoms with Gasteiger partial charge in [0.25, 0.3) is 5.91 Å². The average Bonchev–Trinajstić information content (AvgIpc) is 1.48. The fraction of sp³-hybridized carbons (Fsp3) is 0.733. The number of nitrogens with one attached hydrogen (secondary N) is 4. The number of rotatable bonds is 10. The van der Waals surface area contributed by atoms with Crippen molar-refractivity contribution in [3.05, 3.63) is 70.3 Å². The number of amides is 5. The van der Waals surface area contributed by atoms with Gasteiger partial charge >= 0.3 is 30.2 Å². The molecule has 2 aromatic carbocycles. The van der Waals surface area contributed by atoms with E-state index in [2.05, 4.69) is 65.9 Å². The zero-order valence-electron chi connectivity index (χ0n) is 63.0. The van der Waals surface area contributed by atoms with Gasteiger partial charge in [0.05, 0.1) is 49.2 Å². The highest BCUT2D eigenvalue weighted by atomic mass is 35.5. The molecule has 24 nitrogen and oxygen atoms in total. The number of urea groups is 1. The standard InChI is InChI=1S/C39H51ClN4O6S.C12H21NO4.C11H21NO3.C7H13NO2.C6H13NO.ClH/c1-25-6-4-8-34(49-3)31-12-9-28(31)20-44-22-39(15-5-7-26-16-29(40)11-13-32(26)39)24-50-35-14-10-27(17-33(35)44)36(46)42-51(48,21-25)43-37(47)41-30-18-38(2,19-30)23-45;1-11(2,3)17-10(15)13-8-6-12(4,7-8)9(14)16-5;1-10(2,3)15-9(14)12-8-5-11(4,6-8)7-13;1-7(6(9)10-2)3-5(8)4-7;1-6(4-8)2-5(7)3-6;/h4,8,10-11,13-14,16-17,25,28,30-31,34,45H,5-7,9,12,15,18-24H2,1-3H3,(H2,41,42,43,46,47,48);8H,6-7H2,1-5H3,(H,13,15);8,13H,5-7H2,1-4H3,(H,12,14);5H,3-4,8H2,1-2H3;5,8H,2-4,7H2,1H3;1H/b8-4+;;;;;/t25-,28-,30?,31+,34-,38?,39-,51?;;;;;/m0...../s1. The number of aliphatic hydroxyl groups is 3. The number of ether oxygens (including phenoxy) is 6. The van der Waals surface area contributed by atoms with Crippen LogP contribution in [0, 0.1) is 44.8 Å². The molecule has 6 fully saturated rings. The molecule has 6 saturated carbocycles. The maximum atomic E-state index is 14.4. The minimum Gasteiger partial charge on any atom is -0.490 e. The van der Waals surface area contributed by atoms with E-state index < -0.39 is 44.6 Å². The second kappa shape index (κ2) is 34.8. The fourth-order valence-electron chi connectivity index (χ4n) is 15.8. The van der Waals surface area contributed by atoms with Gasteiger partial charge in [-0.1, -0.05) is 57.5 Å². The third kappa shape index (κ3) is 23.0. The second-order valence-electron chi connectivity index (χ2n) is 34.0. The van der Waals surface area contributed by atoms with E-state index in [0.29, 0.717) is 81.1 Å². The van der Waals surface area contributed by atoms with Gasteiger partial charge in [0.15, 0.2) is 0 Å². The lowest BCUT2D eigenvalue weighted by molar-refractivity contribution is -0.158. The Labute approximate surface area is 616 Å². The highest BCUT2D eigenvalue weighted by molar-refractivity contribution is 7.92. The van der Waals surface area contributed by atoms with Crippen molar-refractivity contribution in [1.82, 2.24) is 20.7 Å². The number of anilines is 1. The van der Waals surface area contributed by atoms with Crippen molar-refractivity contribution in [2.75, 3.05) is 71.5 Å². The minimum atomic E-state index is -3.51. The topological polar surface area (TPSA) is 351 Å². The first-order chi connectivity index (χ1) is 47.0. The maximum absolute atomic E-state index is 14.4. The predicted octanol–water partition coefficient (Wildman–Crippen LogP) is 10.8. The smallest absolute Gasteiger partial charge is 0.407 e. The van der Waals surface area contributed by atoms with Crippen molar-refractivity contribution in [1.29, 1.82) is 0 Å². The lowest BCUT2D eigenvalue weighted by atomic mass is 9.67. The van der Waals surface area contributed by atoms with Crippen LogP contribution in [0.4, 0.5) is 20.1 Å². The molecule has 1 unspecified atom stereocenters. The van der Waals surface area contributed by atoms with Crippen LogP contribution in [0.3, 0.4) is 0 Å². The van der Waals surface area contributed by atoms with Crippen molar-refractivity contribution >= 4 is 75.7 Å². The van der Waals surface area contributed by atoms with E-state index in [1.54, 1.807) is 13.2 Å². The van der Waals surface area contributed by atoms with Gasteiger partial charge in [-0.3, -0.25) is 19.1 Å². The summed E-state index contributed by atoms with van der Waals surface area (Å²) in [6, 6.07) is 11.5. The zero-order valence-corrected chi connectivity index (χ0v) is 65.4. The number of fused-ring (bicyclic) bond motifs is 4. The lowest BCUT2D eigenvalue weighted by Gasteiger charge is -2.46. The van der Waals surface area contributed by atoms with Gasteiger partial charge < -0.3 is 76.1 Å². The van der Waals surface area contributed by atoms with Crippen LogP contribution in [0.1, 0.15) is 201 Å². The van der Waals surface area contributed by atoms with E-state index in [9.17, 15) is 38.1 Å². The normalized spacial score (nSPS) is 34.3. The highest BCUT2D eigenvalue weighted by Crippen LogP contribution is 2.49. The molecule has 6 atom stereocenters. The van der Waals surface area contributed by atoms with Crippen LogP contribution in [0.5, 0.6) is 5.75 Å². The Morgan fingerprint density at radius 2 is 1.25 bits per heavy atom. The molecule has 27 heteroatoms. The van der Waals surface area contributed by atoms with Gasteiger partial charge in [-0.15, -0.1) is 16.8 Å². The first-order valence-corrected chi connectivity index (χ1v) is 38.0. The van der Waals surface area contributed by atoms with Crippen molar-refractivity contribution in [3.8, 4) is 5.75 Å². The number of benzene rings is 2. The number of aliphatic hydroxyl groups excluding tert-OH is 3. The summed E-state index contributed by atoms with van der Waals surface area (Å²) >= 11 is 6.45. The molecule has 0 radical (unpaired) electrons. The quantitative estimate of drug-likeness (QED) is 0.0606. The van der Waals surface area contributed by atoms with E-state index in [4.69, 9.17) is 57.0 Å². The molecule has 7 aliphatic carbocycles. The molecule has 5 amide bonds. The van der Waals surface area contributed by atoms with Crippen molar-refractivity contribution in [2.24, 2.45) is 60.7 Å². The molecule has 11 rings (SSSR count). The Kier molecular flexibility index (Phi) is 29.2. The number of aryl methyl sites for hydroxylation is 1. The third-order valence-corrected chi connectivity index (χ3v) is 23.6. The van der Waals surface area contributed by atoms with Crippen LogP contribution in [0.25, 0.3) is 0 Å². The number of nitrogens with two attached hydrogens (primary N) is 2. The first-order valence-electron chi connectivity index (χ1n) is 35.9. The number of alkyl carbamates (subject to hydrolysis) is 2. The van der Waals surface area contributed by atoms with Crippen molar-refractivity contribution in [2.45, 2.75) is 239 Å². The SMILES string of the molecule is CC1(CO)CC(N)C1.CC1(CO)CC(NC(=O)OC(C)(C)C)C1.COC(=O)C1(C)CC(N)C1.COC(=O)C1(C)CC(NC(=O)OC(C)(C)C)C1.CO[C@H]1/C=C/C[C@H](C)CS(=O)(NC(=O)NC2CC(C)(CO)C2)=NC(=O)c2ccc3c(c2)N(C[C@@H]2CC[C@H]21)C[C@@]1(CCCc2cc(Cl)ccc21)CO3.Cl. The Hall–Kier alpha value is -5.51. The van der Waals surface area contributed by atoms with Crippen LogP contribution in [0.15, 0.2) is 52.9 Å². The number of hydrogen-bond acceptors (Lipinski definition) is 19. The van der Waals surface area contributed by atoms with E-state index >= 15 is 0 Å². The number of hydrogen-bond donors (Lipinski definition) is 9. The van der Waals surface area contributed by atoms with Crippen LogP contribution in [0.2, 0.25) is 5.02 Å². The van der Waals surface area contributed by atoms with E-state index in [0.717, 1.165) is 87.9 Å². The fourth-order valence-corrected chi connectivity index (χ4v) is 17.8. The second-order valence-corrected chi connectivity index (χ2v) is 36.4. The number of methoxy groups -OCH3 is 3. The molecule has 9 aliphatic rings. The van der Waals surface area contributed by atoms with E-state index in [1.165, 1.54) is 25.3 Å². The van der Waals surface area contributed by atoms with Crippen LogP contribution in [-0.2, 0) is 55.0 Å². The average molecular weight is 1490 g/mol. The summed E-state index contributed by atoms with van der Waals surface area (Å²) in [4.78, 5) is 74.7. The Balaban J connectivity index is 0.000000257.